The summed E-state index contributed by atoms with van der Waals surface area (Å²) in [6.45, 7) is 1.97. The van der Waals surface area contributed by atoms with E-state index in [0.29, 0.717) is 5.13 Å². The molecular formula is C12H15N3S2. The molecule has 2 heterocycles. The quantitative estimate of drug-likeness (QED) is 0.903. The monoisotopic (exact) mass is 265 g/mol. The third-order valence-corrected chi connectivity index (χ3v) is 4.52. The van der Waals surface area contributed by atoms with Gasteiger partial charge < -0.3 is 5.73 Å². The van der Waals surface area contributed by atoms with E-state index in [4.69, 9.17) is 5.73 Å². The minimum atomic E-state index is 0.673. The van der Waals surface area contributed by atoms with Crippen LogP contribution in [-0.4, -0.2) is 15.9 Å². The average molecular weight is 265 g/mol. The number of aromatic nitrogens is 1. The molecule has 0 saturated heterocycles. The summed E-state index contributed by atoms with van der Waals surface area (Å²) < 4.78 is 0. The van der Waals surface area contributed by atoms with E-state index in [0.717, 1.165) is 24.8 Å². The van der Waals surface area contributed by atoms with Gasteiger partial charge >= 0.3 is 0 Å². The Morgan fingerprint density at radius 1 is 1.35 bits per heavy atom. The molecule has 0 atom stereocenters. The lowest BCUT2D eigenvalue weighted by molar-refractivity contribution is 0.245. The summed E-state index contributed by atoms with van der Waals surface area (Å²) in [6.07, 6.45) is 2.65. The Labute approximate surface area is 109 Å². The molecule has 0 aromatic carbocycles. The van der Waals surface area contributed by atoms with Crippen molar-refractivity contribution in [1.29, 1.82) is 0 Å². The van der Waals surface area contributed by atoms with E-state index in [1.165, 1.54) is 29.1 Å². The zero-order chi connectivity index (χ0) is 11.7. The van der Waals surface area contributed by atoms with E-state index < -0.39 is 0 Å². The van der Waals surface area contributed by atoms with Gasteiger partial charge in [-0.05, 0) is 24.3 Å². The van der Waals surface area contributed by atoms with Gasteiger partial charge in [-0.3, -0.25) is 4.90 Å². The first-order valence-corrected chi connectivity index (χ1v) is 7.53. The van der Waals surface area contributed by atoms with Gasteiger partial charge in [-0.25, -0.2) is 4.98 Å². The molecule has 1 aliphatic carbocycles. The number of hydrogen-bond acceptors (Lipinski definition) is 5. The normalized spacial score (nSPS) is 15.6. The van der Waals surface area contributed by atoms with Crippen molar-refractivity contribution in [2.24, 2.45) is 0 Å². The van der Waals surface area contributed by atoms with Crippen LogP contribution in [0.2, 0.25) is 0 Å². The lowest BCUT2D eigenvalue weighted by Crippen LogP contribution is -2.24. The van der Waals surface area contributed by atoms with Crippen LogP contribution in [0.5, 0.6) is 0 Å². The van der Waals surface area contributed by atoms with Gasteiger partial charge in [0.05, 0.1) is 5.69 Å². The van der Waals surface area contributed by atoms with Gasteiger partial charge in [0.25, 0.3) is 0 Å². The standard InChI is InChI=1S/C12H15N3S2/c13-12-14-9(8-17-12)6-15(10-3-4-10)7-11-2-1-5-16-11/h1-2,5,8,10H,3-4,6-7H2,(H2,13,14). The molecule has 2 N–H and O–H groups in total. The maximum absolute atomic E-state index is 5.67. The summed E-state index contributed by atoms with van der Waals surface area (Å²) in [5.41, 5.74) is 6.78. The fraction of sp³-hybridized carbons (Fsp3) is 0.417. The molecule has 0 amide bonds. The zero-order valence-corrected chi connectivity index (χ0v) is 11.1. The summed E-state index contributed by atoms with van der Waals surface area (Å²) in [4.78, 5) is 8.29. The van der Waals surface area contributed by atoms with Crippen LogP contribution in [0.25, 0.3) is 0 Å². The van der Waals surface area contributed by atoms with Gasteiger partial charge in [0, 0.05) is 29.4 Å². The van der Waals surface area contributed by atoms with Crippen LogP contribution in [0, 0.1) is 0 Å². The highest BCUT2D eigenvalue weighted by molar-refractivity contribution is 7.13. The van der Waals surface area contributed by atoms with Crippen LogP contribution < -0.4 is 5.73 Å². The Morgan fingerprint density at radius 2 is 2.24 bits per heavy atom. The Bertz CT molecular complexity index is 474. The van der Waals surface area contributed by atoms with Gasteiger partial charge in [0.15, 0.2) is 5.13 Å². The maximum atomic E-state index is 5.67. The Hall–Kier alpha value is -0.910. The second kappa shape index (κ2) is 4.76. The first-order chi connectivity index (χ1) is 8.31. The van der Waals surface area contributed by atoms with E-state index in [1.807, 2.05) is 11.3 Å². The number of nitrogens with zero attached hydrogens (tertiary/aromatic N) is 2. The third-order valence-electron chi connectivity index (χ3n) is 2.94. The zero-order valence-electron chi connectivity index (χ0n) is 9.50. The van der Waals surface area contributed by atoms with Crippen LogP contribution in [-0.2, 0) is 13.1 Å². The molecule has 5 heteroatoms. The Balaban J connectivity index is 1.68. The van der Waals surface area contributed by atoms with Crippen molar-refractivity contribution >= 4 is 27.8 Å². The lowest BCUT2D eigenvalue weighted by Gasteiger charge is -2.19. The number of nitrogens with two attached hydrogens (primary N) is 1. The summed E-state index contributed by atoms with van der Waals surface area (Å²) in [5.74, 6) is 0. The molecule has 17 heavy (non-hydrogen) atoms. The topological polar surface area (TPSA) is 42.1 Å². The van der Waals surface area contributed by atoms with E-state index in [2.05, 4.69) is 32.8 Å². The number of rotatable bonds is 5. The first-order valence-electron chi connectivity index (χ1n) is 5.77. The fourth-order valence-electron chi connectivity index (χ4n) is 1.96. The van der Waals surface area contributed by atoms with Gasteiger partial charge in [0.2, 0.25) is 0 Å². The molecule has 0 aliphatic heterocycles. The molecular weight excluding hydrogens is 250 g/mol. The number of thiophene rings is 1. The summed E-state index contributed by atoms with van der Waals surface area (Å²) in [6, 6.07) is 5.07. The SMILES string of the molecule is Nc1nc(CN(Cc2cccs2)C2CC2)cs1. The average Bonchev–Trinajstić information content (AvgIpc) is 2.89. The largest absolute Gasteiger partial charge is 0.375 e. The summed E-state index contributed by atoms with van der Waals surface area (Å²) >= 11 is 3.36. The van der Waals surface area contributed by atoms with Gasteiger partial charge in [-0.1, -0.05) is 6.07 Å². The summed E-state index contributed by atoms with van der Waals surface area (Å²) in [7, 11) is 0. The van der Waals surface area contributed by atoms with Crippen molar-refractivity contribution in [2.75, 3.05) is 5.73 Å². The third kappa shape index (κ3) is 2.86. The van der Waals surface area contributed by atoms with Crippen molar-refractivity contribution < 1.29 is 0 Å². The molecule has 90 valence electrons. The Morgan fingerprint density at radius 3 is 2.82 bits per heavy atom. The second-order valence-corrected chi connectivity index (χ2v) is 6.31. The van der Waals surface area contributed by atoms with Crippen LogP contribution >= 0.6 is 22.7 Å². The van der Waals surface area contributed by atoms with Crippen LogP contribution in [0.3, 0.4) is 0 Å². The molecule has 0 radical (unpaired) electrons. The van der Waals surface area contributed by atoms with E-state index in [9.17, 15) is 0 Å². The molecule has 3 rings (SSSR count). The van der Waals surface area contributed by atoms with Crippen molar-refractivity contribution in [3.63, 3.8) is 0 Å². The van der Waals surface area contributed by atoms with Gasteiger partial charge in [-0.2, -0.15) is 0 Å². The number of hydrogen-bond donors (Lipinski definition) is 1. The number of anilines is 1. The fourth-order valence-corrected chi connectivity index (χ4v) is 3.24. The molecule has 3 nitrogen and oxygen atoms in total. The highest BCUT2D eigenvalue weighted by Crippen LogP contribution is 2.30. The molecule has 2 aromatic rings. The van der Waals surface area contributed by atoms with Gasteiger partial charge in [0.1, 0.15) is 0 Å². The van der Waals surface area contributed by atoms with Crippen LogP contribution in [0.1, 0.15) is 23.4 Å². The molecule has 0 unspecified atom stereocenters. The van der Waals surface area contributed by atoms with Crippen molar-refractivity contribution in [3.05, 3.63) is 33.5 Å². The molecule has 0 spiro atoms. The van der Waals surface area contributed by atoms with Crippen molar-refractivity contribution in [2.45, 2.75) is 32.0 Å². The van der Waals surface area contributed by atoms with Crippen molar-refractivity contribution in [3.8, 4) is 0 Å². The van der Waals surface area contributed by atoms with E-state index >= 15 is 0 Å². The molecule has 1 aliphatic rings. The smallest absolute Gasteiger partial charge is 0.180 e. The van der Waals surface area contributed by atoms with Gasteiger partial charge in [-0.15, -0.1) is 22.7 Å². The number of thiazole rings is 1. The van der Waals surface area contributed by atoms with E-state index in [1.54, 1.807) is 0 Å². The lowest BCUT2D eigenvalue weighted by atomic mass is 10.3. The van der Waals surface area contributed by atoms with Crippen LogP contribution in [0.15, 0.2) is 22.9 Å². The highest BCUT2D eigenvalue weighted by atomic mass is 32.1. The molecule has 1 fully saturated rings. The minimum Gasteiger partial charge on any atom is -0.375 e. The Kier molecular flexibility index (Phi) is 3.13. The number of nitrogen functional groups attached to an aromatic ring is 1. The second-order valence-electron chi connectivity index (χ2n) is 4.39. The summed E-state index contributed by atoms with van der Waals surface area (Å²) in [5, 5.41) is 4.88. The molecule has 1 saturated carbocycles. The van der Waals surface area contributed by atoms with Crippen LogP contribution in [0.4, 0.5) is 5.13 Å². The van der Waals surface area contributed by atoms with E-state index in [-0.39, 0.29) is 0 Å². The molecule has 2 aromatic heterocycles. The predicted molar refractivity (Wildman–Crippen MR) is 73.1 cm³/mol. The molecule has 0 bridgehead atoms. The maximum Gasteiger partial charge on any atom is 0.180 e. The predicted octanol–water partition coefficient (Wildman–Crippen LogP) is 2.95. The minimum absolute atomic E-state index is 0.673. The van der Waals surface area contributed by atoms with Crippen molar-refractivity contribution in [1.82, 2.24) is 9.88 Å². The highest BCUT2D eigenvalue weighted by Gasteiger charge is 2.29. The first kappa shape index (κ1) is 11.2.